The predicted molar refractivity (Wildman–Crippen MR) is 79.3 cm³/mol. The minimum Gasteiger partial charge on any atom is -0.318 e. The van der Waals surface area contributed by atoms with Crippen LogP contribution in [0.15, 0.2) is 30.3 Å². The van der Waals surface area contributed by atoms with Crippen LogP contribution in [0.1, 0.15) is 61.3 Å². The lowest BCUT2D eigenvalue weighted by molar-refractivity contribution is 0.427. The molecule has 1 saturated carbocycles. The van der Waals surface area contributed by atoms with Crippen molar-refractivity contribution in [2.45, 2.75) is 44.1 Å². The molecular formula is C16H22N4. The maximum absolute atomic E-state index is 6.34. The van der Waals surface area contributed by atoms with Crippen molar-refractivity contribution in [3.63, 3.8) is 0 Å². The van der Waals surface area contributed by atoms with E-state index in [1.54, 1.807) is 0 Å². The molecule has 1 heterocycles. The normalized spacial score (nSPS) is 18.1. The van der Waals surface area contributed by atoms with Gasteiger partial charge in [0.15, 0.2) is 5.82 Å². The molecule has 0 spiro atoms. The van der Waals surface area contributed by atoms with E-state index in [2.05, 4.69) is 5.10 Å². The van der Waals surface area contributed by atoms with E-state index in [-0.39, 0.29) is 6.04 Å². The van der Waals surface area contributed by atoms with Crippen LogP contribution in [0, 0.1) is 0 Å². The molecule has 0 radical (unpaired) electrons. The third-order valence-electron chi connectivity index (χ3n) is 4.22. The first kappa shape index (κ1) is 13.3. The first-order chi connectivity index (χ1) is 9.75. The van der Waals surface area contributed by atoms with Crippen molar-refractivity contribution in [3.05, 3.63) is 47.5 Å². The Morgan fingerprint density at radius 1 is 1.15 bits per heavy atom. The molecule has 0 saturated heterocycles. The van der Waals surface area contributed by atoms with Crippen LogP contribution in [0.2, 0.25) is 0 Å². The van der Waals surface area contributed by atoms with Gasteiger partial charge in [-0.05, 0) is 18.4 Å². The SMILES string of the molecule is Cn1nc(C2CCCCC2)nc1C(N)c1ccccc1. The van der Waals surface area contributed by atoms with Gasteiger partial charge in [-0.2, -0.15) is 5.10 Å². The Hall–Kier alpha value is -1.68. The molecule has 1 aliphatic carbocycles. The third-order valence-corrected chi connectivity index (χ3v) is 4.22. The van der Waals surface area contributed by atoms with Gasteiger partial charge in [-0.25, -0.2) is 4.98 Å². The molecule has 0 aliphatic heterocycles. The summed E-state index contributed by atoms with van der Waals surface area (Å²) in [4.78, 5) is 4.74. The Bertz CT molecular complexity index is 555. The molecule has 1 aliphatic rings. The highest BCUT2D eigenvalue weighted by Gasteiger charge is 2.23. The molecule has 1 atom stereocenters. The predicted octanol–water partition coefficient (Wildman–Crippen LogP) is 2.91. The van der Waals surface area contributed by atoms with Crippen LogP contribution in [-0.2, 0) is 7.05 Å². The zero-order valence-corrected chi connectivity index (χ0v) is 12.0. The van der Waals surface area contributed by atoms with E-state index in [1.807, 2.05) is 42.1 Å². The number of benzene rings is 1. The fraction of sp³-hybridized carbons (Fsp3) is 0.500. The fourth-order valence-electron chi connectivity index (χ4n) is 3.03. The molecule has 106 valence electrons. The van der Waals surface area contributed by atoms with Crippen LogP contribution in [-0.4, -0.2) is 14.8 Å². The van der Waals surface area contributed by atoms with Crippen LogP contribution in [0.4, 0.5) is 0 Å². The van der Waals surface area contributed by atoms with Gasteiger partial charge in [0.1, 0.15) is 5.82 Å². The number of nitrogens with two attached hydrogens (primary N) is 1. The quantitative estimate of drug-likeness (QED) is 0.933. The van der Waals surface area contributed by atoms with Crippen molar-refractivity contribution in [3.8, 4) is 0 Å². The number of rotatable bonds is 3. The molecule has 1 unspecified atom stereocenters. The molecule has 2 N–H and O–H groups in total. The van der Waals surface area contributed by atoms with Gasteiger partial charge in [0.05, 0.1) is 6.04 Å². The summed E-state index contributed by atoms with van der Waals surface area (Å²) < 4.78 is 1.85. The number of hydrogen-bond donors (Lipinski definition) is 1. The van der Waals surface area contributed by atoms with Crippen LogP contribution < -0.4 is 5.73 Å². The highest BCUT2D eigenvalue weighted by molar-refractivity contribution is 5.24. The second kappa shape index (κ2) is 5.75. The fourth-order valence-corrected chi connectivity index (χ4v) is 3.03. The third kappa shape index (κ3) is 2.61. The van der Waals surface area contributed by atoms with Crippen LogP contribution in [0.5, 0.6) is 0 Å². The monoisotopic (exact) mass is 270 g/mol. The lowest BCUT2D eigenvalue weighted by Gasteiger charge is -2.18. The van der Waals surface area contributed by atoms with Crippen molar-refractivity contribution in [1.82, 2.24) is 14.8 Å². The number of aromatic nitrogens is 3. The van der Waals surface area contributed by atoms with E-state index in [4.69, 9.17) is 10.7 Å². The van der Waals surface area contributed by atoms with Gasteiger partial charge in [-0.1, -0.05) is 49.6 Å². The van der Waals surface area contributed by atoms with Crippen molar-refractivity contribution in [2.24, 2.45) is 12.8 Å². The summed E-state index contributed by atoms with van der Waals surface area (Å²) in [5, 5.41) is 4.61. The summed E-state index contributed by atoms with van der Waals surface area (Å²) in [6.45, 7) is 0. The summed E-state index contributed by atoms with van der Waals surface area (Å²) in [6.07, 6.45) is 6.36. The Kier molecular flexibility index (Phi) is 3.83. The first-order valence-corrected chi connectivity index (χ1v) is 7.47. The Morgan fingerprint density at radius 2 is 1.85 bits per heavy atom. The topological polar surface area (TPSA) is 56.7 Å². The average molecular weight is 270 g/mol. The van der Waals surface area contributed by atoms with Gasteiger partial charge in [0.25, 0.3) is 0 Å². The standard InChI is InChI=1S/C16H22N4/c1-20-16(14(17)12-8-4-2-5-9-12)18-15(19-20)13-10-6-3-7-11-13/h2,4-5,8-9,13-14H,3,6-7,10-11,17H2,1H3. The molecule has 3 rings (SSSR count). The summed E-state index contributed by atoms with van der Waals surface area (Å²) in [7, 11) is 1.94. The molecule has 0 amide bonds. The van der Waals surface area contributed by atoms with Gasteiger partial charge < -0.3 is 5.73 Å². The Labute approximate surface area is 120 Å². The smallest absolute Gasteiger partial charge is 0.154 e. The van der Waals surface area contributed by atoms with Crippen LogP contribution in [0.3, 0.4) is 0 Å². The summed E-state index contributed by atoms with van der Waals surface area (Å²) in [5.41, 5.74) is 7.42. The van der Waals surface area contributed by atoms with E-state index >= 15 is 0 Å². The zero-order chi connectivity index (χ0) is 13.9. The maximum atomic E-state index is 6.34. The zero-order valence-electron chi connectivity index (χ0n) is 12.0. The second-order valence-electron chi connectivity index (χ2n) is 5.68. The number of nitrogens with zero attached hydrogens (tertiary/aromatic N) is 3. The van der Waals surface area contributed by atoms with Gasteiger partial charge in [0.2, 0.25) is 0 Å². The van der Waals surface area contributed by atoms with E-state index in [0.717, 1.165) is 17.2 Å². The first-order valence-electron chi connectivity index (χ1n) is 7.47. The molecule has 2 aromatic rings. The minimum atomic E-state index is -0.203. The van der Waals surface area contributed by atoms with Gasteiger partial charge >= 0.3 is 0 Å². The molecule has 20 heavy (non-hydrogen) atoms. The van der Waals surface area contributed by atoms with Gasteiger partial charge in [-0.3, -0.25) is 4.68 Å². The average Bonchev–Trinajstić information content (AvgIpc) is 2.90. The molecule has 1 aromatic carbocycles. The molecule has 4 nitrogen and oxygen atoms in total. The molecule has 0 bridgehead atoms. The molecule has 1 fully saturated rings. The van der Waals surface area contributed by atoms with E-state index in [9.17, 15) is 0 Å². The molecule has 4 heteroatoms. The van der Waals surface area contributed by atoms with Crippen LogP contribution in [0.25, 0.3) is 0 Å². The van der Waals surface area contributed by atoms with Gasteiger partial charge in [-0.15, -0.1) is 0 Å². The summed E-state index contributed by atoms with van der Waals surface area (Å²) in [6, 6.07) is 9.90. The van der Waals surface area contributed by atoms with E-state index < -0.39 is 0 Å². The maximum Gasteiger partial charge on any atom is 0.154 e. The summed E-state index contributed by atoms with van der Waals surface area (Å²) >= 11 is 0. The Balaban J connectivity index is 1.85. The lowest BCUT2D eigenvalue weighted by atomic mass is 9.89. The van der Waals surface area contributed by atoms with Crippen molar-refractivity contribution < 1.29 is 0 Å². The summed E-state index contributed by atoms with van der Waals surface area (Å²) in [5.74, 6) is 2.36. The van der Waals surface area contributed by atoms with Crippen LogP contribution >= 0.6 is 0 Å². The van der Waals surface area contributed by atoms with E-state index in [1.165, 1.54) is 32.1 Å². The van der Waals surface area contributed by atoms with Crippen molar-refractivity contribution in [2.75, 3.05) is 0 Å². The lowest BCUT2D eigenvalue weighted by Crippen LogP contribution is -2.17. The highest BCUT2D eigenvalue weighted by Crippen LogP contribution is 2.31. The largest absolute Gasteiger partial charge is 0.318 e. The number of aryl methyl sites for hydroxylation is 1. The van der Waals surface area contributed by atoms with Crippen molar-refractivity contribution >= 4 is 0 Å². The minimum absolute atomic E-state index is 0.203. The molecular weight excluding hydrogens is 248 g/mol. The highest BCUT2D eigenvalue weighted by atomic mass is 15.3. The Morgan fingerprint density at radius 3 is 2.55 bits per heavy atom. The van der Waals surface area contributed by atoms with E-state index in [0.29, 0.717) is 5.92 Å². The van der Waals surface area contributed by atoms with Crippen molar-refractivity contribution in [1.29, 1.82) is 0 Å². The second-order valence-corrected chi connectivity index (χ2v) is 5.68. The number of hydrogen-bond acceptors (Lipinski definition) is 3. The molecule has 1 aromatic heterocycles. The van der Waals surface area contributed by atoms with Gasteiger partial charge in [0, 0.05) is 13.0 Å².